The fraction of sp³-hybridized carbons (Fsp3) is 0.217. The first kappa shape index (κ1) is 18.3. The van der Waals surface area contributed by atoms with Crippen molar-refractivity contribution in [3.05, 3.63) is 70.6 Å². The smallest absolute Gasteiger partial charge is 0.265 e. The first-order chi connectivity index (χ1) is 13.7. The van der Waals surface area contributed by atoms with Crippen LogP contribution in [0, 0.1) is 11.3 Å². The van der Waals surface area contributed by atoms with Crippen molar-refractivity contribution in [2.24, 2.45) is 0 Å². The van der Waals surface area contributed by atoms with Gasteiger partial charge < -0.3 is 10.1 Å². The third-order valence-corrected chi connectivity index (χ3v) is 5.96. The molecule has 1 N–H and O–H groups in total. The maximum atomic E-state index is 12.8. The third kappa shape index (κ3) is 3.92. The van der Waals surface area contributed by atoms with E-state index < -0.39 is 0 Å². The van der Waals surface area contributed by atoms with E-state index in [-0.39, 0.29) is 5.91 Å². The number of nitrogens with zero attached hydrogens (tertiary/aromatic N) is 1. The number of amides is 1. The molecule has 0 radical (unpaired) electrons. The summed E-state index contributed by atoms with van der Waals surface area (Å²) in [4.78, 5) is 14.7. The van der Waals surface area contributed by atoms with Crippen LogP contribution < -0.4 is 10.1 Å². The number of ether oxygens (including phenoxy) is 1. The summed E-state index contributed by atoms with van der Waals surface area (Å²) in [5.41, 5.74) is 4.56. The molecule has 140 valence electrons. The third-order valence-electron chi connectivity index (χ3n) is 4.75. The summed E-state index contributed by atoms with van der Waals surface area (Å²) in [5.74, 6) is 0.591. The van der Waals surface area contributed by atoms with Crippen LogP contribution in [0.15, 0.2) is 54.6 Å². The van der Waals surface area contributed by atoms with Gasteiger partial charge in [-0.25, -0.2) is 0 Å². The summed E-state index contributed by atoms with van der Waals surface area (Å²) in [6.45, 7) is 0.488. The van der Waals surface area contributed by atoms with Gasteiger partial charge in [0.05, 0.1) is 17.6 Å². The van der Waals surface area contributed by atoms with Crippen molar-refractivity contribution in [2.75, 3.05) is 11.9 Å². The van der Waals surface area contributed by atoms with Crippen LogP contribution in [0.2, 0.25) is 0 Å². The number of carbonyl (C=O) groups is 1. The van der Waals surface area contributed by atoms with Gasteiger partial charge in [-0.2, -0.15) is 5.26 Å². The number of fused-ring (bicyclic) bond motifs is 3. The quantitative estimate of drug-likeness (QED) is 0.571. The zero-order valence-corrected chi connectivity index (χ0v) is 16.2. The second-order valence-corrected chi connectivity index (χ2v) is 7.77. The molecule has 0 aliphatic heterocycles. The minimum Gasteiger partial charge on any atom is -0.493 e. The standard InChI is InChI=1S/C23H20N2O2S/c24-12-3-4-13-27-19-8-5-7-18(15-19)25-23(26)21-14-17-11-10-16-6-1-2-9-20(16)22(17)28-21/h1-2,5-9,14-15H,3-4,10-11,13H2,(H,25,26). The number of carbonyl (C=O) groups excluding carboxylic acids is 1. The normalized spacial score (nSPS) is 11.8. The van der Waals surface area contributed by atoms with Crippen molar-refractivity contribution >= 4 is 22.9 Å². The molecule has 1 amide bonds. The van der Waals surface area contributed by atoms with Gasteiger partial charge in [0.1, 0.15) is 5.75 Å². The molecule has 1 aliphatic rings. The van der Waals surface area contributed by atoms with Crippen molar-refractivity contribution in [1.29, 1.82) is 5.26 Å². The van der Waals surface area contributed by atoms with Gasteiger partial charge in [0.25, 0.3) is 5.91 Å². The molecular formula is C23H20N2O2S. The maximum absolute atomic E-state index is 12.8. The highest BCUT2D eigenvalue weighted by Crippen LogP contribution is 2.39. The lowest BCUT2D eigenvalue weighted by atomic mass is 9.91. The molecule has 3 aromatic rings. The maximum Gasteiger partial charge on any atom is 0.265 e. The molecular weight excluding hydrogens is 368 g/mol. The molecule has 1 aromatic heterocycles. The van der Waals surface area contributed by atoms with E-state index in [1.807, 2.05) is 30.3 Å². The van der Waals surface area contributed by atoms with Crippen molar-refractivity contribution in [2.45, 2.75) is 25.7 Å². The van der Waals surface area contributed by atoms with Gasteiger partial charge >= 0.3 is 0 Å². The van der Waals surface area contributed by atoms with E-state index >= 15 is 0 Å². The van der Waals surface area contributed by atoms with Gasteiger partial charge in [-0.3, -0.25) is 4.79 Å². The lowest BCUT2D eigenvalue weighted by Crippen LogP contribution is -2.10. The van der Waals surface area contributed by atoms with Gasteiger partial charge in [0.2, 0.25) is 0 Å². The van der Waals surface area contributed by atoms with Crippen LogP contribution in [0.3, 0.4) is 0 Å². The van der Waals surface area contributed by atoms with Crippen LogP contribution in [0.4, 0.5) is 5.69 Å². The van der Waals surface area contributed by atoms with E-state index in [0.717, 1.165) is 17.7 Å². The van der Waals surface area contributed by atoms with Gasteiger partial charge in [0.15, 0.2) is 0 Å². The average Bonchev–Trinajstić information content (AvgIpc) is 3.17. The Balaban J connectivity index is 1.47. The number of nitriles is 1. The number of anilines is 1. The molecule has 1 aliphatic carbocycles. The predicted molar refractivity (Wildman–Crippen MR) is 112 cm³/mol. The fourth-order valence-electron chi connectivity index (χ4n) is 3.38. The van der Waals surface area contributed by atoms with Gasteiger partial charge in [-0.15, -0.1) is 11.3 Å². The van der Waals surface area contributed by atoms with Crippen LogP contribution in [0.1, 0.15) is 33.6 Å². The molecule has 28 heavy (non-hydrogen) atoms. The number of hydrogen-bond acceptors (Lipinski definition) is 4. The molecule has 0 saturated carbocycles. The number of aryl methyl sites for hydroxylation is 2. The zero-order valence-electron chi connectivity index (χ0n) is 15.4. The van der Waals surface area contributed by atoms with E-state index in [1.165, 1.54) is 21.6 Å². The van der Waals surface area contributed by atoms with Crippen LogP contribution in [0.25, 0.3) is 10.4 Å². The minimum atomic E-state index is -0.0986. The van der Waals surface area contributed by atoms with E-state index in [2.05, 4.69) is 35.7 Å². The molecule has 0 atom stereocenters. The van der Waals surface area contributed by atoms with Crippen molar-refractivity contribution < 1.29 is 9.53 Å². The summed E-state index contributed by atoms with van der Waals surface area (Å²) in [5, 5.41) is 11.6. The predicted octanol–water partition coefficient (Wildman–Crippen LogP) is 5.45. The average molecular weight is 388 g/mol. The van der Waals surface area contributed by atoms with Gasteiger partial charge in [-0.05, 0) is 54.2 Å². The van der Waals surface area contributed by atoms with E-state index in [0.29, 0.717) is 30.9 Å². The Morgan fingerprint density at radius 2 is 1.96 bits per heavy atom. The number of unbranched alkanes of at least 4 members (excludes halogenated alkanes) is 1. The van der Waals surface area contributed by atoms with E-state index in [1.54, 1.807) is 11.3 Å². The number of hydrogen-bond donors (Lipinski definition) is 1. The Morgan fingerprint density at radius 1 is 1.11 bits per heavy atom. The molecule has 0 spiro atoms. The fourth-order valence-corrected chi connectivity index (χ4v) is 4.55. The van der Waals surface area contributed by atoms with Crippen molar-refractivity contribution in [3.8, 4) is 22.3 Å². The molecule has 0 unspecified atom stereocenters. The second kappa shape index (κ2) is 8.28. The Labute approximate surface area is 168 Å². The van der Waals surface area contributed by atoms with Crippen LogP contribution in [-0.2, 0) is 12.8 Å². The lowest BCUT2D eigenvalue weighted by Gasteiger charge is -2.15. The largest absolute Gasteiger partial charge is 0.493 e. The second-order valence-electron chi connectivity index (χ2n) is 6.71. The SMILES string of the molecule is N#CCCCOc1cccc(NC(=O)c2cc3c(s2)-c2ccccc2CC3)c1. The van der Waals surface area contributed by atoms with Gasteiger partial charge in [-0.1, -0.05) is 30.3 Å². The summed E-state index contributed by atoms with van der Waals surface area (Å²) < 4.78 is 5.64. The van der Waals surface area contributed by atoms with Crippen LogP contribution in [-0.4, -0.2) is 12.5 Å². The number of rotatable bonds is 6. The lowest BCUT2D eigenvalue weighted by molar-refractivity contribution is 0.103. The zero-order chi connectivity index (χ0) is 19.3. The van der Waals surface area contributed by atoms with E-state index in [9.17, 15) is 4.79 Å². The topological polar surface area (TPSA) is 62.1 Å². The van der Waals surface area contributed by atoms with Crippen molar-refractivity contribution in [1.82, 2.24) is 0 Å². The summed E-state index contributed by atoms with van der Waals surface area (Å²) in [7, 11) is 0. The minimum absolute atomic E-state index is 0.0986. The molecule has 4 nitrogen and oxygen atoms in total. The Morgan fingerprint density at radius 3 is 2.86 bits per heavy atom. The Hall–Kier alpha value is -3.10. The Kier molecular flexibility index (Phi) is 5.41. The highest BCUT2D eigenvalue weighted by molar-refractivity contribution is 7.17. The molecule has 0 fully saturated rings. The molecule has 0 saturated heterocycles. The van der Waals surface area contributed by atoms with Crippen molar-refractivity contribution in [3.63, 3.8) is 0 Å². The molecule has 5 heteroatoms. The number of thiophene rings is 1. The Bertz CT molecular complexity index is 1050. The van der Waals surface area contributed by atoms with Gasteiger partial charge in [0, 0.05) is 23.1 Å². The van der Waals surface area contributed by atoms with Crippen LogP contribution in [0.5, 0.6) is 5.75 Å². The van der Waals surface area contributed by atoms with Crippen LogP contribution >= 0.6 is 11.3 Å². The summed E-state index contributed by atoms with van der Waals surface area (Å²) in [6, 6.07) is 19.9. The first-order valence-electron chi connectivity index (χ1n) is 9.37. The molecule has 0 bridgehead atoms. The summed E-state index contributed by atoms with van der Waals surface area (Å²) >= 11 is 1.56. The molecule has 2 aromatic carbocycles. The highest BCUT2D eigenvalue weighted by Gasteiger charge is 2.21. The first-order valence-corrected chi connectivity index (χ1v) is 10.2. The molecule has 4 rings (SSSR count). The molecule has 1 heterocycles. The number of benzene rings is 2. The van der Waals surface area contributed by atoms with E-state index in [4.69, 9.17) is 10.00 Å². The monoisotopic (exact) mass is 388 g/mol. The summed E-state index contributed by atoms with van der Waals surface area (Å²) in [6.07, 6.45) is 3.16. The number of nitrogens with one attached hydrogen (secondary N) is 1. The highest BCUT2D eigenvalue weighted by atomic mass is 32.1.